The van der Waals surface area contributed by atoms with E-state index in [1.54, 1.807) is 25.1 Å². The first-order chi connectivity index (χ1) is 9.97. The predicted molar refractivity (Wildman–Crippen MR) is 82.9 cm³/mol. The highest BCUT2D eigenvalue weighted by atomic mass is 35.5. The Morgan fingerprint density at radius 2 is 2.24 bits per heavy atom. The molecule has 3 atom stereocenters. The summed E-state index contributed by atoms with van der Waals surface area (Å²) in [5.41, 5.74) is 0. The van der Waals surface area contributed by atoms with E-state index in [4.69, 9.17) is 27.9 Å². The molecule has 21 heavy (non-hydrogen) atoms. The van der Waals surface area contributed by atoms with Crippen molar-refractivity contribution in [2.75, 3.05) is 6.54 Å². The van der Waals surface area contributed by atoms with Crippen LogP contribution in [-0.2, 0) is 4.79 Å². The van der Waals surface area contributed by atoms with E-state index in [-0.39, 0.29) is 17.9 Å². The van der Waals surface area contributed by atoms with E-state index < -0.39 is 6.10 Å². The van der Waals surface area contributed by atoms with Crippen LogP contribution >= 0.6 is 23.2 Å². The van der Waals surface area contributed by atoms with Crippen molar-refractivity contribution in [3.8, 4) is 5.75 Å². The molecule has 1 aromatic rings. The maximum absolute atomic E-state index is 12.0. The number of rotatable bonds is 5. The fraction of sp³-hybridized carbons (Fsp3) is 0.533. The zero-order valence-corrected chi connectivity index (χ0v) is 13.3. The second-order valence-electron chi connectivity index (χ2n) is 5.34. The summed E-state index contributed by atoms with van der Waals surface area (Å²) in [4.78, 5) is 12.0. The molecule has 0 saturated heterocycles. The first kappa shape index (κ1) is 16.4. The van der Waals surface area contributed by atoms with Crippen molar-refractivity contribution in [3.63, 3.8) is 0 Å². The van der Waals surface area contributed by atoms with Gasteiger partial charge in [0, 0.05) is 17.5 Å². The van der Waals surface area contributed by atoms with Gasteiger partial charge >= 0.3 is 0 Å². The summed E-state index contributed by atoms with van der Waals surface area (Å²) >= 11 is 11.8. The Kier molecular flexibility index (Phi) is 5.73. The Morgan fingerprint density at radius 1 is 1.48 bits per heavy atom. The van der Waals surface area contributed by atoms with Gasteiger partial charge in [-0.25, -0.2) is 0 Å². The lowest BCUT2D eigenvalue weighted by atomic mass is 10.1. The normalized spacial score (nSPS) is 22.9. The molecule has 2 N–H and O–H groups in total. The van der Waals surface area contributed by atoms with Crippen LogP contribution in [0.15, 0.2) is 18.2 Å². The monoisotopic (exact) mass is 331 g/mol. The Morgan fingerprint density at radius 3 is 2.86 bits per heavy atom. The van der Waals surface area contributed by atoms with Crippen LogP contribution in [0.4, 0.5) is 0 Å². The molecular formula is C15H19Cl2NO3. The first-order valence-electron chi connectivity index (χ1n) is 7.05. The lowest BCUT2D eigenvalue weighted by Crippen LogP contribution is -2.40. The van der Waals surface area contributed by atoms with Gasteiger partial charge in [0.1, 0.15) is 5.75 Å². The van der Waals surface area contributed by atoms with Gasteiger partial charge in [-0.3, -0.25) is 4.79 Å². The molecule has 0 aromatic heterocycles. The minimum Gasteiger partial charge on any atom is -0.479 e. The van der Waals surface area contributed by atoms with Crippen LogP contribution in [0.5, 0.6) is 5.75 Å². The molecule has 0 spiro atoms. The van der Waals surface area contributed by atoms with E-state index in [1.165, 1.54) is 0 Å². The molecule has 1 fully saturated rings. The van der Waals surface area contributed by atoms with Gasteiger partial charge in [-0.1, -0.05) is 29.6 Å². The number of carbonyl (C=O) groups is 1. The molecule has 2 rings (SSSR count). The maximum Gasteiger partial charge on any atom is 0.260 e. The largest absolute Gasteiger partial charge is 0.479 e. The van der Waals surface area contributed by atoms with Crippen molar-refractivity contribution in [2.45, 2.75) is 38.4 Å². The summed E-state index contributed by atoms with van der Waals surface area (Å²) in [6.45, 7) is 2.13. The summed E-state index contributed by atoms with van der Waals surface area (Å²) in [6, 6.07) is 4.86. The van der Waals surface area contributed by atoms with E-state index >= 15 is 0 Å². The molecular weight excluding hydrogens is 313 g/mol. The third-order valence-electron chi connectivity index (χ3n) is 3.72. The molecule has 4 nitrogen and oxygen atoms in total. The molecule has 1 aromatic carbocycles. The van der Waals surface area contributed by atoms with Crippen molar-refractivity contribution < 1.29 is 14.6 Å². The number of aliphatic hydroxyl groups is 1. The molecule has 0 heterocycles. The first-order valence-corrected chi connectivity index (χ1v) is 7.80. The van der Waals surface area contributed by atoms with Crippen molar-refractivity contribution in [1.29, 1.82) is 0 Å². The molecule has 116 valence electrons. The molecule has 0 radical (unpaired) electrons. The summed E-state index contributed by atoms with van der Waals surface area (Å²) < 4.78 is 5.54. The van der Waals surface area contributed by atoms with Gasteiger partial charge < -0.3 is 15.2 Å². The molecule has 1 aliphatic carbocycles. The standard InChI is InChI=1S/C15H19Cl2NO3/c1-9(21-14-6-5-11(16)7-12(14)17)15(20)18-8-10-3-2-4-13(10)19/h5-7,9-10,13,19H,2-4,8H2,1H3,(H,18,20). The Hall–Kier alpha value is -0.970. The average Bonchev–Trinajstić information content (AvgIpc) is 2.84. The average molecular weight is 332 g/mol. The van der Waals surface area contributed by atoms with Crippen molar-refractivity contribution in [2.24, 2.45) is 5.92 Å². The number of hydrogen-bond donors (Lipinski definition) is 2. The number of hydrogen-bond acceptors (Lipinski definition) is 3. The number of benzene rings is 1. The molecule has 0 bridgehead atoms. The van der Waals surface area contributed by atoms with E-state index in [0.717, 1.165) is 19.3 Å². The third-order valence-corrected chi connectivity index (χ3v) is 4.25. The van der Waals surface area contributed by atoms with Crippen molar-refractivity contribution in [1.82, 2.24) is 5.32 Å². The van der Waals surface area contributed by atoms with E-state index in [1.807, 2.05) is 0 Å². The molecule has 1 aliphatic rings. The molecule has 6 heteroatoms. The topological polar surface area (TPSA) is 58.6 Å². The van der Waals surface area contributed by atoms with Gasteiger partial charge in [0.25, 0.3) is 5.91 Å². The van der Waals surface area contributed by atoms with Crippen LogP contribution in [-0.4, -0.2) is 29.8 Å². The Bertz CT molecular complexity index is 510. The van der Waals surface area contributed by atoms with Crippen LogP contribution in [0.2, 0.25) is 10.0 Å². The molecule has 0 aliphatic heterocycles. The van der Waals surface area contributed by atoms with Crippen LogP contribution in [0.3, 0.4) is 0 Å². The molecule has 1 saturated carbocycles. The second-order valence-corrected chi connectivity index (χ2v) is 6.18. The maximum atomic E-state index is 12.0. The lowest BCUT2D eigenvalue weighted by Gasteiger charge is -2.19. The number of amides is 1. The van der Waals surface area contributed by atoms with E-state index in [0.29, 0.717) is 22.3 Å². The van der Waals surface area contributed by atoms with Gasteiger partial charge in [-0.2, -0.15) is 0 Å². The van der Waals surface area contributed by atoms with Gasteiger partial charge in [0.2, 0.25) is 0 Å². The highest BCUT2D eigenvalue weighted by molar-refractivity contribution is 6.35. The highest BCUT2D eigenvalue weighted by Gasteiger charge is 2.26. The van der Waals surface area contributed by atoms with Crippen molar-refractivity contribution in [3.05, 3.63) is 28.2 Å². The Labute approximate surface area is 134 Å². The van der Waals surface area contributed by atoms with Crippen molar-refractivity contribution >= 4 is 29.1 Å². The molecule has 1 amide bonds. The zero-order chi connectivity index (χ0) is 15.4. The van der Waals surface area contributed by atoms with Gasteiger partial charge in [0.15, 0.2) is 6.10 Å². The minimum absolute atomic E-state index is 0.139. The van der Waals surface area contributed by atoms with Gasteiger partial charge in [-0.15, -0.1) is 0 Å². The van der Waals surface area contributed by atoms with Crippen LogP contribution in [0.25, 0.3) is 0 Å². The fourth-order valence-electron chi connectivity index (χ4n) is 2.45. The second kappa shape index (κ2) is 7.34. The number of ether oxygens (including phenoxy) is 1. The van der Waals surface area contributed by atoms with Crippen LogP contribution in [0, 0.1) is 5.92 Å². The highest BCUT2D eigenvalue weighted by Crippen LogP contribution is 2.28. The lowest BCUT2D eigenvalue weighted by molar-refractivity contribution is -0.127. The zero-order valence-electron chi connectivity index (χ0n) is 11.8. The summed E-state index contributed by atoms with van der Waals surface area (Å²) in [5, 5.41) is 13.4. The number of aliphatic hydroxyl groups excluding tert-OH is 1. The van der Waals surface area contributed by atoms with E-state index in [9.17, 15) is 9.90 Å². The Balaban J connectivity index is 1.84. The third kappa shape index (κ3) is 4.50. The summed E-state index contributed by atoms with van der Waals surface area (Å²) in [7, 11) is 0. The van der Waals surface area contributed by atoms with E-state index in [2.05, 4.69) is 5.32 Å². The SMILES string of the molecule is CC(Oc1ccc(Cl)cc1Cl)C(=O)NCC1CCCC1O. The van der Waals surface area contributed by atoms with Gasteiger partial charge in [-0.05, 0) is 38.0 Å². The minimum atomic E-state index is -0.665. The van der Waals surface area contributed by atoms with Gasteiger partial charge in [0.05, 0.1) is 11.1 Å². The van der Waals surface area contributed by atoms with Crippen LogP contribution in [0.1, 0.15) is 26.2 Å². The quantitative estimate of drug-likeness (QED) is 0.871. The summed E-state index contributed by atoms with van der Waals surface area (Å²) in [5.74, 6) is 0.338. The number of nitrogens with one attached hydrogen (secondary N) is 1. The molecule has 3 unspecified atom stereocenters. The fourth-order valence-corrected chi connectivity index (χ4v) is 2.90. The summed E-state index contributed by atoms with van der Waals surface area (Å²) in [6.07, 6.45) is 1.79. The number of halogens is 2. The smallest absolute Gasteiger partial charge is 0.260 e. The van der Waals surface area contributed by atoms with Crippen LogP contribution < -0.4 is 10.1 Å². The number of carbonyl (C=O) groups excluding carboxylic acids is 1. The predicted octanol–water partition coefficient (Wildman–Crippen LogP) is 3.04.